The van der Waals surface area contributed by atoms with Gasteiger partial charge in [-0.25, -0.2) is 9.69 Å². The van der Waals surface area contributed by atoms with Gasteiger partial charge in [0.2, 0.25) is 5.91 Å². The first kappa shape index (κ1) is 27.4. The molecule has 35 heavy (non-hydrogen) atoms. The minimum absolute atomic E-state index is 0.0767. The summed E-state index contributed by atoms with van der Waals surface area (Å²) >= 11 is 3.38. The summed E-state index contributed by atoms with van der Waals surface area (Å²) in [6.45, 7) is 4.09. The van der Waals surface area contributed by atoms with Crippen LogP contribution in [0.4, 0.5) is 4.79 Å². The van der Waals surface area contributed by atoms with Gasteiger partial charge < -0.3 is 9.84 Å². The number of ether oxygens (including phenoxy) is 1. The first-order valence-electron chi connectivity index (χ1n) is 12.8. The third kappa shape index (κ3) is 7.65. The summed E-state index contributed by atoms with van der Waals surface area (Å²) in [6, 6.07) is 18.0. The zero-order valence-corrected chi connectivity index (χ0v) is 22.5. The number of carbonyl (C=O) groups is 2. The summed E-state index contributed by atoms with van der Waals surface area (Å²) in [5.41, 5.74) is 3.19. The summed E-state index contributed by atoms with van der Waals surface area (Å²) in [5, 5.41) is 11.1. The van der Waals surface area contributed by atoms with Crippen molar-refractivity contribution in [1.29, 1.82) is 0 Å². The highest BCUT2D eigenvalue weighted by molar-refractivity contribution is 9.10. The molecule has 6 heteroatoms. The molecule has 3 atom stereocenters. The maximum Gasteiger partial charge on any atom is 0.417 e. The van der Waals surface area contributed by atoms with E-state index >= 15 is 0 Å². The normalized spacial score (nSPS) is 17.5. The molecular formula is C29H38BrNO4. The molecule has 3 rings (SSSR count). The van der Waals surface area contributed by atoms with E-state index in [1.54, 1.807) is 0 Å². The lowest BCUT2D eigenvalue weighted by atomic mass is 9.95. The Balaban J connectivity index is 1.46. The number of hydrogen-bond donors (Lipinski definition) is 1. The van der Waals surface area contributed by atoms with Crippen LogP contribution in [-0.4, -0.2) is 39.5 Å². The van der Waals surface area contributed by atoms with Crippen LogP contribution in [0.5, 0.6) is 0 Å². The van der Waals surface area contributed by atoms with Crippen LogP contribution >= 0.6 is 15.9 Å². The minimum atomic E-state index is -1.04. The van der Waals surface area contributed by atoms with E-state index in [-0.39, 0.29) is 18.6 Å². The van der Waals surface area contributed by atoms with Crippen molar-refractivity contribution in [3.8, 4) is 0 Å². The van der Waals surface area contributed by atoms with Crippen LogP contribution < -0.4 is 0 Å². The molecule has 0 spiro atoms. The van der Waals surface area contributed by atoms with Gasteiger partial charge in [0.25, 0.3) is 0 Å². The van der Waals surface area contributed by atoms with E-state index in [2.05, 4.69) is 46.3 Å². The van der Waals surface area contributed by atoms with E-state index in [4.69, 9.17) is 4.74 Å². The number of cyclic esters (lactones) is 1. The van der Waals surface area contributed by atoms with Crippen molar-refractivity contribution in [2.24, 2.45) is 5.92 Å². The Bertz CT molecular complexity index is 949. The number of halogens is 1. The van der Waals surface area contributed by atoms with Gasteiger partial charge in [-0.15, -0.1) is 0 Å². The van der Waals surface area contributed by atoms with Crippen molar-refractivity contribution >= 4 is 27.9 Å². The van der Waals surface area contributed by atoms with Crippen molar-refractivity contribution < 1.29 is 19.4 Å². The lowest BCUT2D eigenvalue weighted by molar-refractivity contribution is -0.130. The molecule has 1 aliphatic rings. The van der Waals surface area contributed by atoms with Crippen molar-refractivity contribution in [2.75, 3.05) is 6.61 Å². The van der Waals surface area contributed by atoms with Gasteiger partial charge in [-0.1, -0.05) is 110 Å². The number of aliphatic hydroxyl groups excluding tert-OH is 1. The van der Waals surface area contributed by atoms with E-state index in [0.29, 0.717) is 0 Å². The fourth-order valence-electron chi connectivity index (χ4n) is 4.65. The van der Waals surface area contributed by atoms with E-state index in [1.807, 2.05) is 38.1 Å². The molecule has 1 heterocycles. The second-order valence-corrected chi connectivity index (χ2v) is 10.7. The number of alkyl halides is 1. The number of imide groups is 1. The van der Waals surface area contributed by atoms with Gasteiger partial charge in [0, 0.05) is 0 Å². The fraction of sp³-hybridized carbons (Fsp3) is 0.517. The quantitative estimate of drug-likeness (QED) is 0.228. The molecule has 5 nitrogen and oxygen atoms in total. The molecule has 1 N–H and O–H groups in total. The van der Waals surface area contributed by atoms with Gasteiger partial charge in [0.1, 0.15) is 17.5 Å². The molecule has 1 fully saturated rings. The Morgan fingerprint density at radius 1 is 0.971 bits per heavy atom. The van der Waals surface area contributed by atoms with Gasteiger partial charge >= 0.3 is 6.09 Å². The number of aryl methyl sites for hydroxylation is 2. The Kier molecular flexibility index (Phi) is 10.8. The number of unbranched alkanes of at least 4 members (excludes halogenated alkanes) is 5. The van der Waals surface area contributed by atoms with Crippen LogP contribution in [-0.2, 0) is 22.4 Å². The maximum absolute atomic E-state index is 13.1. The molecule has 1 saturated heterocycles. The monoisotopic (exact) mass is 543 g/mol. The number of aliphatic hydroxyl groups is 1. The predicted molar refractivity (Wildman–Crippen MR) is 142 cm³/mol. The summed E-state index contributed by atoms with van der Waals surface area (Å²) in [7, 11) is 0. The molecule has 2 aromatic rings. The van der Waals surface area contributed by atoms with Crippen molar-refractivity contribution in [3.63, 3.8) is 0 Å². The third-order valence-corrected chi connectivity index (χ3v) is 7.70. The van der Waals surface area contributed by atoms with Gasteiger partial charge in [-0.05, 0) is 48.3 Å². The molecular weight excluding hydrogens is 506 g/mol. The molecule has 0 aromatic heterocycles. The van der Waals surface area contributed by atoms with Crippen molar-refractivity contribution in [1.82, 2.24) is 4.90 Å². The molecule has 1 aliphatic heterocycles. The Morgan fingerprint density at radius 2 is 1.57 bits per heavy atom. The zero-order chi connectivity index (χ0) is 25.2. The summed E-state index contributed by atoms with van der Waals surface area (Å²) in [6.07, 6.45) is 7.40. The highest BCUT2D eigenvalue weighted by Gasteiger charge is 2.43. The van der Waals surface area contributed by atoms with E-state index < -0.39 is 22.9 Å². The molecule has 0 saturated carbocycles. The Hall–Kier alpha value is -2.18. The summed E-state index contributed by atoms with van der Waals surface area (Å²) in [4.78, 5) is 25.5. The first-order valence-corrected chi connectivity index (χ1v) is 13.8. The lowest BCUT2D eigenvalue weighted by Gasteiger charge is -2.27. The molecule has 0 bridgehead atoms. The first-order chi connectivity index (χ1) is 16.9. The average molecular weight is 545 g/mol. The second-order valence-electron chi connectivity index (χ2n) is 9.75. The van der Waals surface area contributed by atoms with Crippen molar-refractivity contribution in [2.45, 2.75) is 82.2 Å². The van der Waals surface area contributed by atoms with E-state index in [9.17, 15) is 14.7 Å². The molecule has 190 valence electrons. The smallest absolute Gasteiger partial charge is 0.417 e. The number of carbonyl (C=O) groups excluding carboxylic acids is 2. The topological polar surface area (TPSA) is 66.8 Å². The van der Waals surface area contributed by atoms with Gasteiger partial charge in [0.05, 0.1) is 6.04 Å². The standard InChI is InChI=1S/C29H38BrNO4/c1-21(2)25-20-35-29(34)31(25)28(33)26(30)27(32)24-19-13-12-18-23(24)17-11-6-4-3-5-8-14-22-15-9-7-10-16-22/h7,9-10,12-13,15-16,18-19,21,25-27,32H,3-6,8,11,14,17,20H2,1-2H3/t25-,26-,27+/m0/s1. The summed E-state index contributed by atoms with van der Waals surface area (Å²) in [5.74, 6) is -0.378. The molecule has 0 radical (unpaired) electrons. The fourth-order valence-corrected chi connectivity index (χ4v) is 5.16. The van der Waals surface area contributed by atoms with Crippen LogP contribution in [0.25, 0.3) is 0 Å². The van der Waals surface area contributed by atoms with Crippen LogP contribution in [0.3, 0.4) is 0 Å². The predicted octanol–water partition coefficient (Wildman–Crippen LogP) is 6.61. The van der Waals surface area contributed by atoms with Crippen LogP contribution in [0.2, 0.25) is 0 Å². The number of nitrogens with zero attached hydrogens (tertiary/aromatic N) is 1. The number of amides is 2. The van der Waals surface area contributed by atoms with Gasteiger partial charge in [-0.2, -0.15) is 0 Å². The van der Waals surface area contributed by atoms with E-state index in [1.165, 1.54) is 31.2 Å². The molecule has 0 aliphatic carbocycles. The Labute approximate surface area is 218 Å². The van der Waals surface area contributed by atoms with Crippen LogP contribution in [0.1, 0.15) is 75.2 Å². The van der Waals surface area contributed by atoms with Gasteiger partial charge in [-0.3, -0.25) is 4.79 Å². The number of hydrogen-bond acceptors (Lipinski definition) is 4. The third-order valence-electron chi connectivity index (χ3n) is 6.80. The second kappa shape index (κ2) is 13.8. The molecule has 0 unspecified atom stereocenters. The number of benzene rings is 2. The van der Waals surface area contributed by atoms with Crippen LogP contribution in [0.15, 0.2) is 54.6 Å². The Morgan fingerprint density at radius 3 is 2.26 bits per heavy atom. The molecule has 2 aromatic carbocycles. The maximum atomic E-state index is 13.1. The van der Waals surface area contributed by atoms with E-state index in [0.717, 1.165) is 41.7 Å². The minimum Gasteiger partial charge on any atom is -0.447 e. The highest BCUT2D eigenvalue weighted by atomic mass is 79.9. The van der Waals surface area contributed by atoms with Crippen molar-refractivity contribution in [3.05, 3.63) is 71.3 Å². The SMILES string of the molecule is CC(C)[C@@H]1COC(=O)N1C(=O)[C@@H](Br)[C@H](O)c1ccccc1CCCCCCCCc1ccccc1. The lowest BCUT2D eigenvalue weighted by Crippen LogP contribution is -2.46. The number of rotatable bonds is 13. The average Bonchev–Trinajstić information content (AvgIpc) is 3.26. The van der Waals surface area contributed by atoms with Crippen LogP contribution in [0, 0.1) is 5.92 Å². The highest BCUT2D eigenvalue weighted by Crippen LogP contribution is 2.31. The largest absolute Gasteiger partial charge is 0.447 e. The summed E-state index contributed by atoms with van der Waals surface area (Å²) < 4.78 is 5.11. The zero-order valence-electron chi connectivity index (χ0n) is 20.9. The van der Waals surface area contributed by atoms with Gasteiger partial charge in [0.15, 0.2) is 0 Å². The molecule has 2 amide bonds.